The van der Waals surface area contributed by atoms with Gasteiger partial charge in [-0.25, -0.2) is 4.98 Å². The number of nitrogens with one attached hydrogen (secondary N) is 2. The lowest BCUT2D eigenvalue weighted by molar-refractivity contribution is -0.154. The third-order valence-corrected chi connectivity index (χ3v) is 3.85. The molecule has 2 aromatic rings. The number of aromatic nitrogens is 1. The molecule has 0 saturated carbocycles. The second kappa shape index (κ2) is 8.36. The lowest BCUT2D eigenvalue weighted by Crippen LogP contribution is -2.33. The molecule has 27 heavy (non-hydrogen) atoms. The molecule has 1 fully saturated rings. The Bertz CT molecular complexity index is 758. The van der Waals surface area contributed by atoms with Gasteiger partial charge in [0.25, 0.3) is 5.91 Å². The molecule has 0 bridgehead atoms. The molecule has 0 spiro atoms. The smallest absolute Gasteiger partial charge is 0.422 e. The van der Waals surface area contributed by atoms with Gasteiger partial charge in [0, 0.05) is 31.0 Å². The van der Waals surface area contributed by atoms with E-state index in [-0.39, 0.29) is 17.5 Å². The number of benzene rings is 1. The SMILES string of the molecule is O=C(Nc1ccc([C@@H]2CNCCO2)cc1)c1ccc(OCC(F)(F)F)nc1. The summed E-state index contributed by atoms with van der Waals surface area (Å²) in [7, 11) is 0. The third-order valence-electron chi connectivity index (χ3n) is 3.85. The summed E-state index contributed by atoms with van der Waals surface area (Å²) in [6.07, 6.45) is -3.29. The van der Waals surface area contributed by atoms with Gasteiger partial charge in [0.1, 0.15) is 0 Å². The highest BCUT2D eigenvalue weighted by atomic mass is 19.4. The van der Waals surface area contributed by atoms with Gasteiger partial charge in [-0.15, -0.1) is 0 Å². The van der Waals surface area contributed by atoms with Crippen LogP contribution in [0.2, 0.25) is 0 Å². The van der Waals surface area contributed by atoms with Crippen LogP contribution in [0, 0.1) is 0 Å². The first-order chi connectivity index (χ1) is 12.9. The number of amides is 1. The van der Waals surface area contributed by atoms with E-state index in [4.69, 9.17) is 4.74 Å². The van der Waals surface area contributed by atoms with Crippen LogP contribution in [0.3, 0.4) is 0 Å². The second-order valence-electron chi connectivity index (χ2n) is 5.93. The Labute approximate surface area is 153 Å². The van der Waals surface area contributed by atoms with Gasteiger partial charge in [0.15, 0.2) is 6.61 Å². The van der Waals surface area contributed by atoms with Gasteiger partial charge in [-0.3, -0.25) is 4.79 Å². The number of carbonyl (C=O) groups excluding carboxylic acids is 1. The summed E-state index contributed by atoms with van der Waals surface area (Å²) < 4.78 is 46.5. The summed E-state index contributed by atoms with van der Waals surface area (Å²) in [6.45, 7) is 0.787. The molecule has 0 aliphatic carbocycles. The van der Waals surface area contributed by atoms with Gasteiger partial charge in [-0.2, -0.15) is 13.2 Å². The fourth-order valence-corrected chi connectivity index (χ4v) is 2.52. The van der Waals surface area contributed by atoms with Crippen molar-refractivity contribution in [3.8, 4) is 5.88 Å². The van der Waals surface area contributed by atoms with Crippen LogP contribution < -0.4 is 15.4 Å². The molecule has 0 unspecified atom stereocenters. The van der Waals surface area contributed by atoms with Gasteiger partial charge in [0.2, 0.25) is 5.88 Å². The standard InChI is InChI=1S/C18H18F3N3O3/c19-18(20,21)11-27-16-6-3-13(9-23-16)17(25)24-14-4-1-12(2-5-14)15-10-22-7-8-26-15/h1-6,9,15,22H,7-8,10-11H2,(H,24,25)/t15-/m0/s1. The Kier molecular flexibility index (Phi) is 5.92. The quantitative estimate of drug-likeness (QED) is 0.833. The van der Waals surface area contributed by atoms with Crippen LogP contribution in [0.25, 0.3) is 0 Å². The number of carbonyl (C=O) groups is 1. The highest BCUT2D eigenvalue weighted by molar-refractivity contribution is 6.04. The number of hydrogen-bond donors (Lipinski definition) is 2. The Hall–Kier alpha value is -2.65. The van der Waals surface area contributed by atoms with Gasteiger partial charge < -0.3 is 20.1 Å². The molecule has 1 saturated heterocycles. The minimum atomic E-state index is -4.44. The van der Waals surface area contributed by atoms with Gasteiger partial charge in [0.05, 0.1) is 18.3 Å². The number of alkyl halides is 3. The van der Waals surface area contributed by atoms with Crippen molar-refractivity contribution in [1.82, 2.24) is 10.3 Å². The first kappa shape index (κ1) is 19.1. The predicted molar refractivity (Wildman–Crippen MR) is 91.7 cm³/mol. The van der Waals surface area contributed by atoms with Crippen LogP contribution in [-0.2, 0) is 4.74 Å². The average molecular weight is 381 g/mol. The molecule has 1 atom stereocenters. The van der Waals surface area contributed by atoms with Crippen LogP contribution in [0.1, 0.15) is 22.0 Å². The molecule has 144 valence electrons. The lowest BCUT2D eigenvalue weighted by Gasteiger charge is -2.24. The van der Waals surface area contributed by atoms with E-state index in [0.717, 1.165) is 24.8 Å². The van der Waals surface area contributed by atoms with E-state index in [0.29, 0.717) is 12.3 Å². The van der Waals surface area contributed by atoms with E-state index in [1.807, 2.05) is 12.1 Å². The summed E-state index contributed by atoms with van der Waals surface area (Å²) in [5, 5.41) is 5.96. The topological polar surface area (TPSA) is 72.5 Å². The molecule has 1 amide bonds. The van der Waals surface area contributed by atoms with Crippen molar-refractivity contribution >= 4 is 11.6 Å². The molecular weight excluding hydrogens is 363 g/mol. The minimum absolute atomic E-state index is 0.0167. The van der Waals surface area contributed by atoms with E-state index < -0.39 is 18.7 Å². The molecule has 9 heteroatoms. The average Bonchev–Trinajstić information content (AvgIpc) is 2.67. The summed E-state index contributed by atoms with van der Waals surface area (Å²) in [5.74, 6) is -0.623. The minimum Gasteiger partial charge on any atom is -0.468 e. The zero-order valence-corrected chi connectivity index (χ0v) is 14.3. The Morgan fingerprint density at radius 3 is 2.63 bits per heavy atom. The van der Waals surface area contributed by atoms with Crippen molar-refractivity contribution in [3.05, 3.63) is 53.7 Å². The first-order valence-corrected chi connectivity index (χ1v) is 8.30. The number of ether oxygens (including phenoxy) is 2. The molecule has 0 radical (unpaired) electrons. The normalized spacial score (nSPS) is 17.4. The molecule has 2 heterocycles. The number of pyridine rings is 1. The van der Waals surface area contributed by atoms with Crippen molar-refractivity contribution in [1.29, 1.82) is 0 Å². The van der Waals surface area contributed by atoms with Crippen molar-refractivity contribution in [2.45, 2.75) is 12.3 Å². The lowest BCUT2D eigenvalue weighted by atomic mass is 10.1. The molecule has 1 aliphatic rings. The summed E-state index contributed by atoms with van der Waals surface area (Å²) in [5.41, 5.74) is 1.80. The van der Waals surface area contributed by atoms with Crippen molar-refractivity contribution < 1.29 is 27.4 Å². The van der Waals surface area contributed by atoms with Crippen molar-refractivity contribution in [2.75, 3.05) is 31.6 Å². The van der Waals surface area contributed by atoms with Crippen LogP contribution in [0.15, 0.2) is 42.6 Å². The molecule has 6 nitrogen and oxygen atoms in total. The maximum absolute atomic E-state index is 12.2. The highest BCUT2D eigenvalue weighted by Gasteiger charge is 2.28. The second-order valence-corrected chi connectivity index (χ2v) is 5.93. The zero-order valence-electron chi connectivity index (χ0n) is 14.3. The molecule has 3 rings (SSSR count). The number of nitrogens with zero attached hydrogens (tertiary/aromatic N) is 1. The fourth-order valence-electron chi connectivity index (χ4n) is 2.52. The molecule has 1 aromatic heterocycles. The largest absolute Gasteiger partial charge is 0.468 e. The monoisotopic (exact) mass is 381 g/mol. The Morgan fingerprint density at radius 1 is 1.26 bits per heavy atom. The molecule has 1 aromatic carbocycles. The molecule has 2 N–H and O–H groups in total. The summed E-state index contributed by atoms with van der Waals surface area (Å²) >= 11 is 0. The maximum atomic E-state index is 12.2. The predicted octanol–water partition coefficient (Wildman–Crippen LogP) is 2.94. The van der Waals surface area contributed by atoms with E-state index in [1.165, 1.54) is 12.1 Å². The summed E-state index contributed by atoms with van der Waals surface area (Å²) in [6, 6.07) is 9.85. The molecular formula is C18H18F3N3O3. The Balaban J connectivity index is 1.56. The number of morpholine rings is 1. The van der Waals surface area contributed by atoms with Crippen LogP contribution in [0.4, 0.5) is 18.9 Å². The van der Waals surface area contributed by atoms with E-state index in [9.17, 15) is 18.0 Å². The Morgan fingerprint density at radius 2 is 2.04 bits per heavy atom. The zero-order chi connectivity index (χ0) is 19.3. The molecule has 1 aliphatic heterocycles. The number of hydrogen-bond acceptors (Lipinski definition) is 5. The van der Waals surface area contributed by atoms with E-state index in [2.05, 4.69) is 20.4 Å². The van der Waals surface area contributed by atoms with Gasteiger partial charge >= 0.3 is 6.18 Å². The summed E-state index contributed by atoms with van der Waals surface area (Å²) in [4.78, 5) is 15.9. The van der Waals surface area contributed by atoms with E-state index in [1.54, 1.807) is 12.1 Å². The number of anilines is 1. The first-order valence-electron chi connectivity index (χ1n) is 8.30. The van der Waals surface area contributed by atoms with Crippen LogP contribution in [-0.4, -0.2) is 43.4 Å². The van der Waals surface area contributed by atoms with Gasteiger partial charge in [-0.05, 0) is 23.8 Å². The maximum Gasteiger partial charge on any atom is 0.422 e. The van der Waals surface area contributed by atoms with Gasteiger partial charge in [-0.1, -0.05) is 12.1 Å². The number of rotatable bonds is 5. The third kappa shape index (κ3) is 5.66. The van der Waals surface area contributed by atoms with Crippen LogP contribution >= 0.6 is 0 Å². The fraction of sp³-hybridized carbons (Fsp3) is 0.333. The van der Waals surface area contributed by atoms with E-state index >= 15 is 0 Å². The van der Waals surface area contributed by atoms with Crippen molar-refractivity contribution in [2.24, 2.45) is 0 Å². The van der Waals surface area contributed by atoms with Crippen LogP contribution in [0.5, 0.6) is 5.88 Å². The van der Waals surface area contributed by atoms with Crippen molar-refractivity contribution in [3.63, 3.8) is 0 Å². The highest BCUT2D eigenvalue weighted by Crippen LogP contribution is 2.21. The number of halogens is 3.